The molecule has 6 rings (SSSR count). The van der Waals surface area contributed by atoms with E-state index in [1.54, 1.807) is 33.5 Å². The fraction of sp³-hybridized carbons (Fsp3) is 0.485. The van der Waals surface area contributed by atoms with Crippen LogP contribution in [0.25, 0.3) is 22.4 Å². The fourth-order valence-electron chi connectivity index (χ4n) is 6.24. The van der Waals surface area contributed by atoms with Gasteiger partial charge in [-0.05, 0) is 86.8 Å². The third kappa shape index (κ3) is 7.52. The first-order chi connectivity index (χ1) is 22.3. The molecule has 4 heterocycles. The zero-order chi connectivity index (χ0) is 32.2. The molecule has 3 aromatic rings. The highest BCUT2D eigenvalue weighted by molar-refractivity contribution is 7.14. The summed E-state index contributed by atoms with van der Waals surface area (Å²) >= 11 is 1.25. The molecular formula is C33H36F2N4O6S. The molecule has 1 aliphatic carbocycles. The lowest BCUT2D eigenvalue weighted by atomic mass is 9.86. The van der Waals surface area contributed by atoms with E-state index in [0.29, 0.717) is 65.9 Å². The van der Waals surface area contributed by atoms with Crippen LogP contribution in [0.3, 0.4) is 0 Å². The first-order valence-corrected chi connectivity index (χ1v) is 16.6. The number of aromatic nitrogens is 2. The molecule has 2 amide bonds. The van der Waals surface area contributed by atoms with Crippen LogP contribution in [0.4, 0.5) is 19.7 Å². The first-order valence-electron chi connectivity index (χ1n) is 15.7. The highest BCUT2D eigenvalue weighted by Gasteiger charge is 2.40. The normalized spacial score (nSPS) is 18.1. The number of aliphatic carboxylic acids is 1. The highest BCUT2D eigenvalue weighted by Crippen LogP contribution is 2.41. The summed E-state index contributed by atoms with van der Waals surface area (Å²) in [5, 5.41) is 11.9. The first kappa shape index (κ1) is 32.0. The van der Waals surface area contributed by atoms with Crippen LogP contribution in [-0.4, -0.2) is 65.3 Å². The van der Waals surface area contributed by atoms with E-state index in [1.807, 2.05) is 6.07 Å². The van der Waals surface area contributed by atoms with Gasteiger partial charge in [0.05, 0.1) is 12.1 Å². The lowest BCUT2D eigenvalue weighted by Gasteiger charge is -2.29. The molecule has 2 aliphatic heterocycles. The number of piperidine rings is 1. The predicted octanol–water partition coefficient (Wildman–Crippen LogP) is 6.39. The summed E-state index contributed by atoms with van der Waals surface area (Å²) < 4.78 is 36.5. The zero-order valence-corrected chi connectivity index (χ0v) is 26.1. The maximum atomic E-state index is 14.0. The molecule has 1 aromatic carbocycles. The zero-order valence-electron chi connectivity index (χ0n) is 25.3. The van der Waals surface area contributed by atoms with E-state index in [-0.39, 0.29) is 35.9 Å². The Morgan fingerprint density at radius 2 is 1.91 bits per heavy atom. The Balaban J connectivity index is 1.31. The Morgan fingerprint density at radius 1 is 1.11 bits per heavy atom. The van der Waals surface area contributed by atoms with Gasteiger partial charge in [-0.3, -0.25) is 24.2 Å². The molecule has 1 atom stereocenters. The quantitative estimate of drug-likeness (QED) is 0.238. The van der Waals surface area contributed by atoms with Crippen molar-refractivity contribution in [2.24, 2.45) is 11.8 Å². The van der Waals surface area contributed by atoms with Gasteiger partial charge in [-0.25, -0.2) is 9.97 Å². The van der Waals surface area contributed by atoms with Gasteiger partial charge >= 0.3 is 12.6 Å². The second-order valence-corrected chi connectivity index (χ2v) is 12.9. The number of carbonyl (C=O) groups is 3. The molecule has 1 unspecified atom stereocenters. The van der Waals surface area contributed by atoms with E-state index in [4.69, 9.17) is 14.5 Å². The number of amides is 2. The summed E-state index contributed by atoms with van der Waals surface area (Å²) in [6, 6.07) is 8.13. The van der Waals surface area contributed by atoms with Gasteiger partial charge in [0.1, 0.15) is 11.6 Å². The minimum absolute atomic E-state index is 0.0313. The largest absolute Gasteiger partial charge is 0.481 e. The van der Waals surface area contributed by atoms with Crippen molar-refractivity contribution in [3.05, 3.63) is 41.9 Å². The number of nitrogens with zero attached hydrogens (tertiary/aromatic N) is 4. The predicted molar refractivity (Wildman–Crippen MR) is 168 cm³/mol. The smallest absolute Gasteiger partial charge is 0.387 e. The number of benzene rings is 1. The van der Waals surface area contributed by atoms with Crippen LogP contribution in [0.5, 0.6) is 5.75 Å². The Labute approximate surface area is 269 Å². The minimum atomic E-state index is -3.02. The maximum Gasteiger partial charge on any atom is 0.387 e. The van der Waals surface area contributed by atoms with Gasteiger partial charge in [0.15, 0.2) is 5.13 Å². The Morgan fingerprint density at radius 3 is 2.59 bits per heavy atom. The molecule has 3 fully saturated rings. The number of pyridine rings is 1. The lowest BCUT2D eigenvalue weighted by Crippen LogP contribution is -2.40. The molecule has 3 aliphatic rings. The van der Waals surface area contributed by atoms with Gasteiger partial charge in [0.25, 0.3) is 0 Å². The average molecular weight is 655 g/mol. The van der Waals surface area contributed by atoms with Gasteiger partial charge in [-0.2, -0.15) is 8.78 Å². The van der Waals surface area contributed by atoms with E-state index in [2.05, 4.69) is 4.98 Å². The molecule has 0 spiro atoms. The van der Waals surface area contributed by atoms with Gasteiger partial charge in [-0.1, -0.05) is 0 Å². The van der Waals surface area contributed by atoms with Crippen LogP contribution < -0.4 is 14.5 Å². The van der Waals surface area contributed by atoms with Gasteiger partial charge < -0.3 is 14.6 Å². The van der Waals surface area contributed by atoms with Crippen molar-refractivity contribution < 1.29 is 37.7 Å². The van der Waals surface area contributed by atoms with Crippen LogP contribution in [0, 0.1) is 11.8 Å². The number of carbonyl (C=O) groups excluding carboxylic acids is 2. The number of rotatable bonds is 12. The molecule has 2 aromatic heterocycles. The third-order valence-electron chi connectivity index (χ3n) is 8.73. The molecule has 10 nitrogen and oxygen atoms in total. The second-order valence-electron chi connectivity index (χ2n) is 12.0. The summed E-state index contributed by atoms with van der Waals surface area (Å²) in [5.41, 5.74) is 2.32. The number of hydrogen-bond acceptors (Lipinski definition) is 8. The molecular weight excluding hydrogens is 618 g/mol. The van der Waals surface area contributed by atoms with E-state index >= 15 is 0 Å². The topological polar surface area (TPSA) is 122 Å². The van der Waals surface area contributed by atoms with E-state index < -0.39 is 18.5 Å². The van der Waals surface area contributed by atoms with Crippen LogP contribution in [-0.2, 0) is 19.1 Å². The van der Waals surface area contributed by atoms with Crippen LogP contribution in [0.1, 0.15) is 57.8 Å². The van der Waals surface area contributed by atoms with Gasteiger partial charge in [-0.15, -0.1) is 11.3 Å². The molecule has 0 radical (unpaired) electrons. The molecule has 46 heavy (non-hydrogen) atoms. The highest BCUT2D eigenvalue weighted by atomic mass is 32.1. The number of thiazole rings is 1. The lowest BCUT2D eigenvalue weighted by molar-refractivity contribution is -0.141. The number of ether oxygens (including phenoxy) is 2. The Bertz CT molecular complexity index is 1560. The number of hydrogen-bond donors (Lipinski definition) is 1. The molecule has 244 valence electrons. The minimum Gasteiger partial charge on any atom is -0.481 e. The average Bonchev–Trinajstić information content (AvgIpc) is 3.76. The number of carboxylic acid groups (broad SMARTS) is 1. The molecule has 1 N–H and O–H groups in total. The van der Waals surface area contributed by atoms with Crippen molar-refractivity contribution in [2.75, 3.05) is 29.6 Å². The van der Waals surface area contributed by atoms with Crippen molar-refractivity contribution in [1.82, 2.24) is 9.97 Å². The Hall–Kier alpha value is -3.97. The monoisotopic (exact) mass is 654 g/mol. The number of carboxylic acids is 1. The van der Waals surface area contributed by atoms with Crippen LogP contribution >= 0.6 is 11.3 Å². The number of anilines is 2. The summed E-state index contributed by atoms with van der Waals surface area (Å²) in [6.07, 6.45) is 7.26. The molecule has 13 heteroatoms. The van der Waals surface area contributed by atoms with E-state index in [9.17, 15) is 28.3 Å². The fourth-order valence-corrected chi connectivity index (χ4v) is 7.14. The van der Waals surface area contributed by atoms with Crippen molar-refractivity contribution in [2.45, 2.75) is 70.4 Å². The number of alkyl halides is 2. The van der Waals surface area contributed by atoms with Crippen molar-refractivity contribution in [3.63, 3.8) is 0 Å². The van der Waals surface area contributed by atoms with Crippen molar-refractivity contribution in [1.29, 1.82) is 0 Å². The van der Waals surface area contributed by atoms with Crippen molar-refractivity contribution in [3.8, 4) is 28.1 Å². The third-order valence-corrected chi connectivity index (χ3v) is 9.57. The summed E-state index contributed by atoms with van der Waals surface area (Å²) in [6.45, 7) is -1.20. The summed E-state index contributed by atoms with van der Waals surface area (Å²) in [4.78, 5) is 50.9. The van der Waals surface area contributed by atoms with Crippen LogP contribution in [0.15, 0.2) is 41.9 Å². The van der Waals surface area contributed by atoms with Gasteiger partial charge in [0.2, 0.25) is 11.8 Å². The van der Waals surface area contributed by atoms with E-state index in [1.165, 1.54) is 23.5 Å². The van der Waals surface area contributed by atoms with Crippen molar-refractivity contribution >= 4 is 40.1 Å². The standard InChI is InChI=1S/C33H36F2N4O6S/c34-32(35)45-24-7-8-25(21-4-9-28(36-18-21)38-12-2-1-3-29(38)40)26(17-24)27-19-46-33(37-27)39(23-5-6-23)31(43)22(16-30(41)42)15-20-10-13-44-14-11-20/h4,7-9,17-20,22-23,32H,1-3,5-6,10-16H2,(H,41,42). The van der Waals surface area contributed by atoms with Gasteiger partial charge in [0, 0.05) is 60.8 Å². The maximum absolute atomic E-state index is 14.0. The molecule has 0 bridgehead atoms. The molecule has 1 saturated carbocycles. The SMILES string of the molecule is O=C(O)CC(CC1CCOCC1)C(=O)N(c1nc(-c2cc(OC(F)F)ccc2-c2ccc(N3CCCCC3=O)nc2)cs1)C1CC1. The second kappa shape index (κ2) is 14.2. The molecule has 2 saturated heterocycles. The van der Waals surface area contributed by atoms with E-state index in [0.717, 1.165) is 38.5 Å². The number of halogens is 2. The summed E-state index contributed by atoms with van der Waals surface area (Å²) in [5.74, 6) is -1.21. The summed E-state index contributed by atoms with van der Waals surface area (Å²) in [7, 11) is 0. The van der Waals surface area contributed by atoms with Crippen LogP contribution in [0.2, 0.25) is 0 Å². The Kier molecular flexibility index (Phi) is 9.88.